The Bertz CT molecular complexity index is 493. The van der Waals surface area contributed by atoms with E-state index in [1.165, 1.54) is 0 Å². The standard InChI is InChI=1S/C13H16O4/c1-7-6-10-9(8(2)11(7)14)4-5-13(3,17-10)12(15)16/h6,14H,4-5H2,1-3H3,(H,15,16)/t13-/m1/s1. The maximum Gasteiger partial charge on any atom is 0.347 e. The van der Waals surface area contributed by atoms with Crippen molar-refractivity contribution in [2.24, 2.45) is 0 Å². The molecule has 0 bridgehead atoms. The Hall–Kier alpha value is -1.71. The largest absolute Gasteiger partial charge is 0.507 e. The predicted molar refractivity (Wildman–Crippen MR) is 62.6 cm³/mol. The summed E-state index contributed by atoms with van der Waals surface area (Å²) in [7, 11) is 0. The Morgan fingerprint density at radius 1 is 1.47 bits per heavy atom. The van der Waals surface area contributed by atoms with Gasteiger partial charge in [0.15, 0.2) is 0 Å². The highest BCUT2D eigenvalue weighted by Crippen LogP contribution is 2.40. The molecule has 1 atom stereocenters. The maximum absolute atomic E-state index is 11.1. The Labute approximate surface area is 99.8 Å². The SMILES string of the molecule is Cc1cc2c(c(C)c1O)CC[C@](C)(C(=O)O)O2. The van der Waals surface area contributed by atoms with Crippen LogP contribution in [0.15, 0.2) is 6.07 Å². The average Bonchev–Trinajstić information content (AvgIpc) is 2.25. The van der Waals surface area contributed by atoms with E-state index in [1.54, 1.807) is 19.9 Å². The third-order valence-corrected chi connectivity index (χ3v) is 3.47. The summed E-state index contributed by atoms with van der Waals surface area (Å²) in [6, 6.07) is 1.71. The van der Waals surface area contributed by atoms with E-state index < -0.39 is 11.6 Å². The molecule has 92 valence electrons. The number of aliphatic carboxylic acids is 1. The Morgan fingerprint density at radius 2 is 2.12 bits per heavy atom. The van der Waals surface area contributed by atoms with Crippen molar-refractivity contribution in [1.82, 2.24) is 0 Å². The van der Waals surface area contributed by atoms with Gasteiger partial charge >= 0.3 is 5.97 Å². The number of ether oxygens (including phenoxy) is 1. The predicted octanol–water partition coefficient (Wildman–Crippen LogP) is 2.18. The molecule has 1 aliphatic rings. The van der Waals surface area contributed by atoms with Gasteiger partial charge in [-0.05, 0) is 44.4 Å². The maximum atomic E-state index is 11.1. The van der Waals surface area contributed by atoms with Crippen molar-refractivity contribution in [2.75, 3.05) is 0 Å². The van der Waals surface area contributed by atoms with E-state index in [-0.39, 0.29) is 5.75 Å². The number of rotatable bonds is 1. The van der Waals surface area contributed by atoms with Crippen LogP contribution in [0.5, 0.6) is 11.5 Å². The highest BCUT2D eigenvalue weighted by molar-refractivity contribution is 5.78. The minimum atomic E-state index is -1.16. The fourth-order valence-electron chi connectivity index (χ4n) is 2.19. The zero-order valence-electron chi connectivity index (χ0n) is 10.2. The van der Waals surface area contributed by atoms with Crippen LogP contribution in [-0.2, 0) is 11.2 Å². The first-order valence-electron chi connectivity index (χ1n) is 5.59. The van der Waals surface area contributed by atoms with Crippen molar-refractivity contribution >= 4 is 5.97 Å². The molecule has 4 heteroatoms. The van der Waals surface area contributed by atoms with Crippen LogP contribution < -0.4 is 4.74 Å². The molecule has 1 aromatic rings. The van der Waals surface area contributed by atoms with E-state index in [2.05, 4.69) is 0 Å². The number of hydrogen-bond donors (Lipinski definition) is 2. The van der Waals surface area contributed by atoms with Crippen molar-refractivity contribution in [3.05, 3.63) is 22.8 Å². The molecule has 0 amide bonds. The minimum absolute atomic E-state index is 0.270. The molecule has 0 saturated carbocycles. The van der Waals surface area contributed by atoms with Gasteiger partial charge in [0.1, 0.15) is 11.5 Å². The first-order chi connectivity index (χ1) is 7.85. The zero-order valence-corrected chi connectivity index (χ0v) is 10.2. The van der Waals surface area contributed by atoms with Crippen molar-refractivity contribution in [3.63, 3.8) is 0 Å². The van der Waals surface area contributed by atoms with Crippen LogP contribution in [0.3, 0.4) is 0 Å². The van der Waals surface area contributed by atoms with Gasteiger partial charge in [-0.15, -0.1) is 0 Å². The molecule has 0 saturated heterocycles. The fourth-order valence-corrected chi connectivity index (χ4v) is 2.19. The van der Waals surface area contributed by atoms with Gasteiger partial charge in [0.05, 0.1) is 0 Å². The third kappa shape index (κ3) is 1.73. The lowest BCUT2D eigenvalue weighted by molar-refractivity contribution is -0.155. The first kappa shape index (κ1) is 11.8. The molecule has 0 aliphatic carbocycles. The van der Waals surface area contributed by atoms with Crippen molar-refractivity contribution in [2.45, 2.75) is 39.2 Å². The van der Waals surface area contributed by atoms with Crippen LogP contribution in [0.25, 0.3) is 0 Å². The zero-order chi connectivity index (χ0) is 12.8. The Morgan fingerprint density at radius 3 is 2.71 bits per heavy atom. The molecule has 4 nitrogen and oxygen atoms in total. The van der Waals surface area contributed by atoms with Gasteiger partial charge < -0.3 is 14.9 Å². The molecule has 1 heterocycles. The summed E-state index contributed by atoms with van der Waals surface area (Å²) in [5, 5.41) is 19.0. The molecule has 1 aromatic carbocycles. The van der Waals surface area contributed by atoms with E-state index in [9.17, 15) is 9.90 Å². The molecule has 2 N–H and O–H groups in total. The Balaban J connectivity index is 2.50. The lowest BCUT2D eigenvalue weighted by Crippen LogP contribution is -2.44. The normalized spacial score (nSPS) is 22.8. The van der Waals surface area contributed by atoms with Crippen LogP contribution in [0.4, 0.5) is 0 Å². The van der Waals surface area contributed by atoms with E-state index >= 15 is 0 Å². The first-order valence-corrected chi connectivity index (χ1v) is 5.59. The van der Waals surface area contributed by atoms with E-state index in [4.69, 9.17) is 9.84 Å². The molecular weight excluding hydrogens is 220 g/mol. The van der Waals surface area contributed by atoms with Gasteiger partial charge in [0.25, 0.3) is 0 Å². The second kappa shape index (κ2) is 3.65. The number of phenols is 1. The van der Waals surface area contributed by atoms with Gasteiger partial charge in [-0.3, -0.25) is 0 Å². The smallest absolute Gasteiger partial charge is 0.347 e. The molecule has 0 spiro atoms. The average molecular weight is 236 g/mol. The highest BCUT2D eigenvalue weighted by Gasteiger charge is 2.39. The molecule has 0 radical (unpaired) electrons. The second-order valence-electron chi connectivity index (χ2n) is 4.78. The van der Waals surface area contributed by atoms with Gasteiger partial charge in [-0.25, -0.2) is 4.79 Å². The summed E-state index contributed by atoms with van der Waals surface area (Å²) in [5.41, 5.74) is 1.23. The number of carboxylic acid groups (broad SMARTS) is 1. The van der Waals surface area contributed by atoms with Crippen LogP contribution in [-0.4, -0.2) is 21.8 Å². The minimum Gasteiger partial charge on any atom is -0.507 e. The molecule has 0 fully saturated rings. The van der Waals surface area contributed by atoms with Crippen LogP contribution in [0, 0.1) is 13.8 Å². The number of carboxylic acids is 1. The summed E-state index contributed by atoms with van der Waals surface area (Å²) < 4.78 is 5.59. The number of aromatic hydroxyl groups is 1. The molecular formula is C13H16O4. The van der Waals surface area contributed by atoms with Crippen LogP contribution in [0.2, 0.25) is 0 Å². The number of aryl methyl sites for hydroxylation is 1. The number of fused-ring (bicyclic) bond motifs is 1. The lowest BCUT2D eigenvalue weighted by atomic mass is 9.89. The molecule has 2 rings (SSSR count). The fraction of sp³-hybridized carbons (Fsp3) is 0.462. The number of benzene rings is 1. The topological polar surface area (TPSA) is 66.8 Å². The molecule has 0 aromatic heterocycles. The van der Waals surface area contributed by atoms with Gasteiger partial charge in [0, 0.05) is 12.0 Å². The highest BCUT2D eigenvalue weighted by atomic mass is 16.5. The monoisotopic (exact) mass is 236 g/mol. The number of carbonyl (C=O) groups is 1. The van der Waals surface area contributed by atoms with Crippen molar-refractivity contribution < 1.29 is 19.7 Å². The number of hydrogen-bond acceptors (Lipinski definition) is 3. The van der Waals surface area contributed by atoms with E-state index in [1.807, 2.05) is 6.92 Å². The third-order valence-electron chi connectivity index (χ3n) is 3.47. The summed E-state index contributed by atoms with van der Waals surface area (Å²) >= 11 is 0. The Kier molecular flexibility index (Phi) is 2.53. The van der Waals surface area contributed by atoms with Gasteiger partial charge in [-0.1, -0.05) is 0 Å². The summed E-state index contributed by atoms with van der Waals surface area (Å²) in [5.74, 6) is -0.105. The summed E-state index contributed by atoms with van der Waals surface area (Å²) in [6.45, 7) is 5.18. The quantitative estimate of drug-likeness (QED) is 0.784. The molecule has 0 unspecified atom stereocenters. The van der Waals surface area contributed by atoms with Gasteiger partial charge in [-0.2, -0.15) is 0 Å². The van der Waals surface area contributed by atoms with Crippen molar-refractivity contribution in [3.8, 4) is 11.5 Å². The summed E-state index contributed by atoms with van der Waals surface area (Å²) in [4.78, 5) is 11.1. The van der Waals surface area contributed by atoms with Crippen molar-refractivity contribution in [1.29, 1.82) is 0 Å². The summed E-state index contributed by atoms with van der Waals surface area (Å²) in [6.07, 6.45) is 1.02. The van der Waals surface area contributed by atoms with Crippen LogP contribution >= 0.6 is 0 Å². The van der Waals surface area contributed by atoms with E-state index in [0.29, 0.717) is 24.2 Å². The van der Waals surface area contributed by atoms with Gasteiger partial charge in [0.2, 0.25) is 5.60 Å². The molecule has 17 heavy (non-hydrogen) atoms. The van der Waals surface area contributed by atoms with Crippen LogP contribution in [0.1, 0.15) is 30.0 Å². The van der Waals surface area contributed by atoms with E-state index in [0.717, 1.165) is 11.1 Å². The lowest BCUT2D eigenvalue weighted by Gasteiger charge is -2.33. The molecule has 1 aliphatic heterocycles. The second-order valence-corrected chi connectivity index (χ2v) is 4.78. The number of phenolic OH excluding ortho intramolecular Hbond substituents is 1.